The van der Waals surface area contributed by atoms with E-state index in [1.54, 1.807) is 0 Å². The van der Waals surface area contributed by atoms with Crippen molar-refractivity contribution in [1.82, 2.24) is 5.16 Å². The number of aryl methyl sites for hydroxylation is 1. The number of aromatic nitrogens is 1. The van der Waals surface area contributed by atoms with Gasteiger partial charge in [0, 0.05) is 0 Å². The molecule has 0 N–H and O–H groups in total. The fourth-order valence-corrected chi connectivity index (χ4v) is 1.37. The maximum atomic E-state index is 12.3. The average Bonchev–Trinajstić information content (AvgIpc) is 2.75. The van der Waals surface area contributed by atoms with E-state index in [1.165, 1.54) is 13.1 Å². The Hall–Kier alpha value is -2.31. The lowest BCUT2D eigenvalue weighted by atomic mass is 10.2. The molecule has 0 fully saturated rings. The average molecular weight is 271 g/mol. The third kappa shape index (κ3) is 2.93. The maximum Gasteiger partial charge on any atom is 0.416 e. The summed E-state index contributed by atoms with van der Waals surface area (Å²) >= 11 is 0. The minimum Gasteiger partial charge on any atom is -0.423 e. The van der Waals surface area contributed by atoms with Gasteiger partial charge in [0.05, 0.1) is 11.8 Å². The quantitative estimate of drug-likeness (QED) is 0.621. The van der Waals surface area contributed by atoms with Crippen LogP contribution in [-0.4, -0.2) is 11.1 Å². The molecule has 0 bridgehead atoms. The second-order valence-corrected chi connectivity index (χ2v) is 3.71. The number of esters is 1. The van der Waals surface area contributed by atoms with Crippen LogP contribution in [0, 0.1) is 6.92 Å². The monoisotopic (exact) mass is 271 g/mol. The minimum absolute atomic E-state index is 0.0126. The van der Waals surface area contributed by atoms with Crippen molar-refractivity contribution in [1.29, 1.82) is 0 Å². The zero-order valence-corrected chi connectivity index (χ0v) is 9.69. The van der Waals surface area contributed by atoms with Crippen LogP contribution in [0.4, 0.5) is 13.2 Å². The van der Waals surface area contributed by atoms with E-state index in [-0.39, 0.29) is 17.1 Å². The number of carbonyl (C=O) groups is 1. The first-order valence-corrected chi connectivity index (χ1v) is 5.18. The van der Waals surface area contributed by atoms with Crippen LogP contribution in [0.2, 0.25) is 0 Å². The standard InChI is InChI=1S/C12H8F3NO3/c1-7-10(6-16-19-7)11(17)18-9-4-2-8(3-5-9)12(13,14)15/h2-6H,1H3. The van der Waals surface area contributed by atoms with Crippen LogP contribution in [0.1, 0.15) is 21.7 Å². The molecule has 0 spiro atoms. The zero-order valence-electron chi connectivity index (χ0n) is 9.69. The van der Waals surface area contributed by atoms with Crippen LogP contribution >= 0.6 is 0 Å². The van der Waals surface area contributed by atoms with E-state index in [9.17, 15) is 18.0 Å². The molecule has 2 aromatic rings. The van der Waals surface area contributed by atoms with Gasteiger partial charge in [0.15, 0.2) is 0 Å². The highest BCUT2D eigenvalue weighted by Crippen LogP contribution is 2.30. The Morgan fingerprint density at radius 3 is 2.37 bits per heavy atom. The molecule has 19 heavy (non-hydrogen) atoms. The van der Waals surface area contributed by atoms with Crippen molar-refractivity contribution in [2.45, 2.75) is 13.1 Å². The number of rotatable bonds is 2. The van der Waals surface area contributed by atoms with E-state index in [0.717, 1.165) is 24.3 Å². The number of hydrogen-bond acceptors (Lipinski definition) is 4. The van der Waals surface area contributed by atoms with Crippen molar-refractivity contribution in [3.63, 3.8) is 0 Å². The lowest BCUT2D eigenvalue weighted by Gasteiger charge is -2.07. The van der Waals surface area contributed by atoms with E-state index in [4.69, 9.17) is 4.74 Å². The largest absolute Gasteiger partial charge is 0.423 e. The van der Waals surface area contributed by atoms with Crippen molar-refractivity contribution in [2.75, 3.05) is 0 Å². The summed E-state index contributed by atoms with van der Waals surface area (Å²) in [4.78, 5) is 11.6. The highest BCUT2D eigenvalue weighted by Gasteiger charge is 2.30. The number of hydrogen-bond donors (Lipinski definition) is 0. The number of ether oxygens (including phenoxy) is 1. The van der Waals surface area contributed by atoms with Gasteiger partial charge in [-0.25, -0.2) is 4.79 Å². The predicted molar refractivity (Wildman–Crippen MR) is 57.6 cm³/mol. The molecule has 7 heteroatoms. The molecular formula is C12H8F3NO3. The SMILES string of the molecule is Cc1oncc1C(=O)Oc1ccc(C(F)(F)F)cc1. The first-order valence-electron chi connectivity index (χ1n) is 5.18. The second kappa shape index (κ2) is 4.75. The van der Waals surface area contributed by atoms with E-state index >= 15 is 0 Å². The molecule has 0 aliphatic rings. The van der Waals surface area contributed by atoms with E-state index < -0.39 is 17.7 Å². The van der Waals surface area contributed by atoms with Gasteiger partial charge >= 0.3 is 12.1 Å². The topological polar surface area (TPSA) is 52.3 Å². The molecule has 1 aromatic heterocycles. The Kier molecular flexibility index (Phi) is 3.28. The van der Waals surface area contributed by atoms with E-state index in [1.807, 2.05) is 0 Å². The molecule has 0 aliphatic heterocycles. The van der Waals surface area contributed by atoms with Crippen molar-refractivity contribution in [3.05, 3.63) is 47.3 Å². The maximum absolute atomic E-state index is 12.3. The second-order valence-electron chi connectivity index (χ2n) is 3.71. The smallest absolute Gasteiger partial charge is 0.416 e. The highest BCUT2D eigenvalue weighted by atomic mass is 19.4. The molecule has 4 nitrogen and oxygen atoms in total. The van der Waals surface area contributed by atoms with Gasteiger partial charge in [-0.1, -0.05) is 5.16 Å². The van der Waals surface area contributed by atoms with Crippen LogP contribution in [0.3, 0.4) is 0 Å². The lowest BCUT2D eigenvalue weighted by Crippen LogP contribution is -2.09. The minimum atomic E-state index is -4.42. The molecule has 0 radical (unpaired) electrons. The molecule has 100 valence electrons. The van der Waals surface area contributed by atoms with Crippen molar-refractivity contribution in [2.24, 2.45) is 0 Å². The van der Waals surface area contributed by atoms with E-state index in [2.05, 4.69) is 9.68 Å². The van der Waals surface area contributed by atoms with Gasteiger partial charge in [0.25, 0.3) is 0 Å². The molecular weight excluding hydrogens is 263 g/mol. The number of benzene rings is 1. The molecule has 0 atom stereocenters. The van der Waals surface area contributed by atoms with Crippen LogP contribution in [0.15, 0.2) is 35.0 Å². The fourth-order valence-electron chi connectivity index (χ4n) is 1.37. The van der Waals surface area contributed by atoms with Crippen molar-refractivity contribution in [3.8, 4) is 5.75 Å². The van der Waals surface area contributed by atoms with Gasteiger partial charge in [0.2, 0.25) is 0 Å². The Balaban J connectivity index is 2.12. The fraction of sp³-hybridized carbons (Fsp3) is 0.167. The number of carbonyl (C=O) groups excluding carboxylic acids is 1. The van der Waals surface area contributed by atoms with Crippen LogP contribution in [0.5, 0.6) is 5.75 Å². The summed E-state index contributed by atoms with van der Waals surface area (Å²) in [6.07, 6.45) is -3.24. The van der Waals surface area contributed by atoms with Crippen molar-refractivity contribution < 1.29 is 27.2 Å². The lowest BCUT2D eigenvalue weighted by molar-refractivity contribution is -0.137. The first kappa shape index (κ1) is 13.1. The normalized spacial score (nSPS) is 11.4. The number of nitrogens with zero attached hydrogens (tertiary/aromatic N) is 1. The molecule has 1 heterocycles. The third-order valence-electron chi connectivity index (χ3n) is 2.36. The van der Waals surface area contributed by atoms with Gasteiger partial charge in [-0.3, -0.25) is 0 Å². The number of halogens is 3. The van der Waals surface area contributed by atoms with Gasteiger partial charge in [-0.2, -0.15) is 13.2 Å². The molecule has 1 aromatic carbocycles. The first-order chi connectivity index (χ1) is 8.88. The van der Waals surface area contributed by atoms with Crippen molar-refractivity contribution >= 4 is 5.97 Å². The Morgan fingerprint density at radius 2 is 1.89 bits per heavy atom. The zero-order chi connectivity index (χ0) is 14.0. The molecule has 0 aliphatic carbocycles. The van der Waals surface area contributed by atoms with Crippen LogP contribution in [-0.2, 0) is 6.18 Å². The summed E-state index contributed by atoms with van der Waals surface area (Å²) < 4.78 is 46.6. The highest BCUT2D eigenvalue weighted by molar-refractivity contribution is 5.91. The summed E-state index contributed by atoms with van der Waals surface area (Å²) in [7, 11) is 0. The molecule has 2 rings (SSSR count). The van der Waals surface area contributed by atoms with Gasteiger partial charge in [-0.05, 0) is 31.2 Å². The number of alkyl halides is 3. The Bertz CT molecular complexity index is 587. The third-order valence-corrected chi connectivity index (χ3v) is 2.36. The summed E-state index contributed by atoms with van der Waals surface area (Å²) in [5, 5.41) is 3.41. The van der Waals surface area contributed by atoms with Crippen LogP contribution < -0.4 is 4.74 Å². The molecule has 0 saturated carbocycles. The summed E-state index contributed by atoms with van der Waals surface area (Å²) in [5.41, 5.74) is -0.687. The van der Waals surface area contributed by atoms with Gasteiger partial charge in [0.1, 0.15) is 17.1 Å². The summed E-state index contributed by atoms with van der Waals surface area (Å²) in [6.45, 7) is 1.52. The van der Waals surface area contributed by atoms with Gasteiger partial charge in [-0.15, -0.1) is 0 Å². The molecule has 0 saturated heterocycles. The summed E-state index contributed by atoms with van der Waals surface area (Å²) in [5.74, 6) is -0.450. The van der Waals surface area contributed by atoms with Gasteiger partial charge < -0.3 is 9.26 Å². The Labute approximate surface area is 105 Å². The van der Waals surface area contributed by atoms with Crippen LogP contribution in [0.25, 0.3) is 0 Å². The Morgan fingerprint density at radius 1 is 1.26 bits per heavy atom. The summed E-state index contributed by atoms with van der Waals surface area (Å²) in [6, 6.07) is 3.82. The predicted octanol–water partition coefficient (Wildman–Crippen LogP) is 3.22. The molecule has 0 unspecified atom stereocenters. The molecule has 0 amide bonds. The van der Waals surface area contributed by atoms with E-state index in [0.29, 0.717) is 0 Å².